The van der Waals surface area contributed by atoms with Gasteiger partial charge in [-0.1, -0.05) is 18.2 Å². The first-order valence-electron chi connectivity index (χ1n) is 6.60. The van der Waals surface area contributed by atoms with Crippen LogP contribution >= 0.6 is 36.6 Å². The van der Waals surface area contributed by atoms with Gasteiger partial charge in [0, 0.05) is 18.0 Å². The third-order valence-corrected chi connectivity index (χ3v) is 4.28. The number of β-amino-alcohol motifs (C(OH)–C–C–N with tert-alkyl or cyclic N) is 1. The molecular formula is C14H24Cl2N2OS. The lowest BCUT2D eigenvalue weighted by atomic mass is 10.0. The van der Waals surface area contributed by atoms with E-state index in [1.165, 1.54) is 4.90 Å². The molecule has 0 aliphatic carbocycles. The molecule has 1 aliphatic rings. The average molecular weight is 339 g/mol. The Morgan fingerprint density at radius 3 is 2.65 bits per heavy atom. The van der Waals surface area contributed by atoms with E-state index >= 15 is 0 Å². The maximum Gasteiger partial charge on any atom is 0.0907 e. The Morgan fingerprint density at radius 2 is 2.00 bits per heavy atom. The molecule has 0 bridgehead atoms. The minimum Gasteiger partial charge on any atom is -0.387 e. The zero-order chi connectivity index (χ0) is 12.7. The summed E-state index contributed by atoms with van der Waals surface area (Å²) >= 11 is 1.89. The highest BCUT2D eigenvalue weighted by molar-refractivity contribution is 7.99. The zero-order valence-corrected chi connectivity index (χ0v) is 14.0. The maximum absolute atomic E-state index is 10.1. The van der Waals surface area contributed by atoms with Crippen molar-refractivity contribution in [1.29, 1.82) is 0 Å². The number of thioether (sulfide) groups is 1. The van der Waals surface area contributed by atoms with Crippen LogP contribution in [-0.4, -0.2) is 42.6 Å². The molecule has 1 saturated heterocycles. The van der Waals surface area contributed by atoms with E-state index in [9.17, 15) is 5.11 Å². The number of rotatable bonds is 7. The van der Waals surface area contributed by atoms with E-state index in [1.54, 1.807) is 0 Å². The molecule has 1 unspecified atom stereocenters. The molecule has 2 rings (SSSR count). The highest BCUT2D eigenvalue weighted by Crippen LogP contribution is 2.17. The summed E-state index contributed by atoms with van der Waals surface area (Å²) in [5.74, 6) is 1.12. The van der Waals surface area contributed by atoms with Crippen LogP contribution in [0.2, 0.25) is 0 Å². The molecule has 3 N–H and O–H groups in total. The molecule has 1 fully saturated rings. The molecule has 0 spiro atoms. The maximum atomic E-state index is 10.1. The van der Waals surface area contributed by atoms with Crippen molar-refractivity contribution in [2.45, 2.75) is 23.3 Å². The quantitative estimate of drug-likeness (QED) is 0.527. The first-order chi connectivity index (χ1) is 8.79. The molecule has 1 aromatic carbocycles. The third kappa shape index (κ3) is 7.16. The first kappa shape index (κ1) is 20.0. The van der Waals surface area contributed by atoms with Crippen LogP contribution in [0, 0.1) is 0 Å². The Bertz CT molecular complexity index is 348. The van der Waals surface area contributed by atoms with Gasteiger partial charge in [0.15, 0.2) is 0 Å². The summed E-state index contributed by atoms with van der Waals surface area (Å²) in [6.07, 6.45) is 1.99. The minimum atomic E-state index is -0.521. The Hall–Kier alpha value is 0.0300. The topological polar surface area (TPSA) is 44.3 Å². The second kappa shape index (κ2) is 10.7. The fourth-order valence-corrected chi connectivity index (χ4v) is 2.98. The SMILES string of the molecule is Cl.Cl.OC1(CNCCCSc2ccccc2)CCNC1. The number of hydrogen-bond acceptors (Lipinski definition) is 4. The lowest BCUT2D eigenvalue weighted by Crippen LogP contribution is -2.42. The van der Waals surface area contributed by atoms with Crippen molar-refractivity contribution in [3.05, 3.63) is 30.3 Å². The minimum absolute atomic E-state index is 0. The van der Waals surface area contributed by atoms with Crippen molar-refractivity contribution >= 4 is 36.6 Å². The Labute approximate surface area is 138 Å². The molecule has 6 heteroatoms. The van der Waals surface area contributed by atoms with Crippen LogP contribution in [0.5, 0.6) is 0 Å². The molecule has 1 aliphatic heterocycles. The Morgan fingerprint density at radius 1 is 1.25 bits per heavy atom. The summed E-state index contributed by atoms with van der Waals surface area (Å²) in [4.78, 5) is 1.33. The molecular weight excluding hydrogens is 315 g/mol. The predicted molar refractivity (Wildman–Crippen MR) is 91.6 cm³/mol. The largest absolute Gasteiger partial charge is 0.387 e. The average Bonchev–Trinajstić information content (AvgIpc) is 2.82. The second-order valence-corrected chi connectivity index (χ2v) is 6.01. The van der Waals surface area contributed by atoms with Crippen LogP contribution in [0.25, 0.3) is 0 Å². The monoisotopic (exact) mass is 338 g/mol. The smallest absolute Gasteiger partial charge is 0.0907 e. The van der Waals surface area contributed by atoms with Gasteiger partial charge in [-0.15, -0.1) is 36.6 Å². The lowest BCUT2D eigenvalue weighted by molar-refractivity contribution is 0.0614. The number of nitrogens with one attached hydrogen (secondary N) is 2. The van der Waals surface area contributed by atoms with Gasteiger partial charge in [0.1, 0.15) is 0 Å². The Kier molecular flexibility index (Phi) is 10.7. The highest BCUT2D eigenvalue weighted by atomic mass is 35.5. The van der Waals surface area contributed by atoms with Crippen molar-refractivity contribution in [2.24, 2.45) is 0 Å². The summed E-state index contributed by atoms with van der Waals surface area (Å²) in [6.45, 7) is 3.33. The molecule has 1 aromatic rings. The van der Waals surface area contributed by atoms with E-state index < -0.39 is 5.60 Å². The molecule has 0 saturated carbocycles. The van der Waals surface area contributed by atoms with Gasteiger partial charge in [-0.05, 0) is 43.8 Å². The van der Waals surface area contributed by atoms with Gasteiger partial charge >= 0.3 is 0 Å². The summed E-state index contributed by atoms with van der Waals surface area (Å²) in [6, 6.07) is 10.5. The van der Waals surface area contributed by atoms with Gasteiger partial charge in [-0.3, -0.25) is 0 Å². The second-order valence-electron chi connectivity index (χ2n) is 4.84. The standard InChI is InChI=1S/C14H22N2OS.2ClH/c17-14(7-9-16-12-14)11-15-8-4-10-18-13-5-2-1-3-6-13;;/h1-3,5-6,15-17H,4,7-12H2;2*1H. The normalized spacial score (nSPS) is 21.1. The van der Waals surface area contributed by atoms with Crippen LogP contribution in [-0.2, 0) is 0 Å². The molecule has 20 heavy (non-hydrogen) atoms. The van der Waals surface area contributed by atoms with Gasteiger partial charge < -0.3 is 15.7 Å². The zero-order valence-electron chi connectivity index (χ0n) is 11.5. The van der Waals surface area contributed by atoms with Gasteiger partial charge in [-0.2, -0.15) is 0 Å². The van der Waals surface area contributed by atoms with E-state index in [2.05, 4.69) is 34.9 Å². The van der Waals surface area contributed by atoms with Crippen molar-refractivity contribution in [2.75, 3.05) is 31.9 Å². The molecule has 3 nitrogen and oxygen atoms in total. The van der Waals surface area contributed by atoms with Gasteiger partial charge in [0.2, 0.25) is 0 Å². The van der Waals surface area contributed by atoms with E-state index in [0.717, 1.165) is 38.2 Å². The van der Waals surface area contributed by atoms with Crippen LogP contribution in [0.4, 0.5) is 0 Å². The van der Waals surface area contributed by atoms with Gasteiger partial charge in [-0.25, -0.2) is 0 Å². The third-order valence-electron chi connectivity index (χ3n) is 3.19. The first-order valence-corrected chi connectivity index (χ1v) is 7.59. The predicted octanol–water partition coefficient (Wildman–Crippen LogP) is 2.33. The van der Waals surface area contributed by atoms with Crippen molar-refractivity contribution in [3.63, 3.8) is 0 Å². The lowest BCUT2D eigenvalue weighted by Gasteiger charge is -2.21. The molecule has 0 aromatic heterocycles. The van der Waals surface area contributed by atoms with Crippen LogP contribution in [0.1, 0.15) is 12.8 Å². The van der Waals surface area contributed by atoms with E-state index in [-0.39, 0.29) is 24.8 Å². The molecule has 1 atom stereocenters. The fourth-order valence-electron chi connectivity index (χ4n) is 2.11. The molecule has 116 valence electrons. The molecule has 0 radical (unpaired) electrons. The van der Waals surface area contributed by atoms with Crippen LogP contribution in [0.3, 0.4) is 0 Å². The van der Waals surface area contributed by atoms with Crippen LogP contribution in [0.15, 0.2) is 35.2 Å². The van der Waals surface area contributed by atoms with Crippen molar-refractivity contribution in [3.8, 4) is 0 Å². The van der Waals surface area contributed by atoms with E-state index in [0.29, 0.717) is 6.54 Å². The molecule has 0 amide bonds. The van der Waals surface area contributed by atoms with Gasteiger partial charge in [0.05, 0.1) is 5.60 Å². The number of hydrogen-bond donors (Lipinski definition) is 3. The van der Waals surface area contributed by atoms with E-state index in [4.69, 9.17) is 0 Å². The van der Waals surface area contributed by atoms with Gasteiger partial charge in [0.25, 0.3) is 0 Å². The summed E-state index contributed by atoms with van der Waals surface area (Å²) in [5.41, 5.74) is -0.521. The number of aliphatic hydroxyl groups is 1. The van der Waals surface area contributed by atoms with Crippen LogP contribution < -0.4 is 10.6 Å². The fraction of sp³-hybridized carbons (Fsp3) is 0.571. The Balaban J connectivity index is 0.00000180. The molecule has 1 heterocycles. The van der Waals surface area contributed by atoms with Crippen molar-refractivity contribution < 1.29 is 5.11 Å². The summed E-state index contributed by atoms with van der Waals surface area (Å²) in [7, 11) is 0. The summed E-state index contributed by atoms with van der Waals surface area (Å²) in [5, 5.41) is 16.6. The number of halogens is 2. The van der Waals surface area contributed by atoms with Crippen molar-refractivity contribution in [1.82, 2.24) is 10.6 Å². The summed E-state index contributed by atoms with van der Waals surface area (Å²) < 4.78 is 0. The highest BCUT2D eigenvalue weighted by Gasteiger charge is 2.29. The number of benzene rings is 1. The van der Waals surface area contributed by atoms with E-state index in [1.807, 2.05) is 17.8 Å².